The molecular weight excluding hydrogens is 358 g/mol. The van der Waals surface area contributed by atoms with Crippen LogP contribution in [0.4, 0.5) is 0 Å². The van der Waals surface area contributed by atoms with Crippen molar-refractivity contribution in [1.29, 1.82) is 0 Å². The highest BCUT2D eigenvalue weighted by atomic mass is 15.2. The van der Waals surface area contributed by atoms with E-state index >= 15 is 0 Å². The molecule has 5 nitrogen and oxygen atoms in total. The molecule has 0 saturated heterocycles. The van der Waals surface area contributed by atoms with Crippen LogP contribution in [-0.4, -0.2) is 35.1 Å². The molecule has 3 aromatic rings. The standard InChI is InChI=1S/C24H31N5/c1-3-25-24(28-18-20(2)22-12-8-5-9-13-22)27-15-14-23-26-16-17-29(23)19-21-10-6-4-7-11-21/h4-13,16-17,20H,3,14-15,18-19H2,1-2H3,(H2,25,27,28). The van der Waals surface area contributed by atoms with Crippen LogP contribution in [0, 0.1) is 0 Å². The lowest BCUT2D eigenvalue weighted by molar-refractivity contribution is 0.691. The predicted molar refractivity (Wildman–Crippen MR) is 120 cm³/mol. The second-order valence-corrected chi connectivity index (χ2v) is 7.17. The van der Waals surface area contributed by atoms with E-state index in [0.29, 0.717) is 5.92 Å². The van der Waals surface area contributed by atoms with Crippen LogP contribution in [0.15, 0.2) is 78.0 Å². The molecule has 0 fully saturated rings. The van der Waals surface area contributed by atoms with Gasteiger partial charge in [0.25, 0.3) is 0 Å². The molecule has 3 rings (SSSR count). The number of hydrogen-bond donors (Lipinski definition) is 2. The summed E-state index contributed by atoms with van der Waals surface area (Å²) in [5.74, 6) is 2.32. The molecule has 0 amide bonds. The minimum Gasteiger partial charge on any atom is -0.357 e. The average molecular weight is 390 g/mol. The van der Waals surface area contributed by atoms with Crippen LogP contribution in [0.5, 0.6) is 0 Å². The van der Waals surface area contributed by atoms with Gasteiger partial charge in [-0.25, -0.2) is 4.98 Å². The Morgan fingerprint density at radius 3 is 2.48 bits per heavy atom. The molecule has 1 aromatic heterocycles. The van der Waals surface area contributed by atoms with Crippen LogP contribution >= 0.6 is 0 Å². The van der Waals surface area contributed by atoms with Crippen LogP contribution in [0.3, 0.4) is 0 Å². The third-order valence-electron chi connectivity index (χ3n) is 4.87. The van der Waals surface area contributed by atoms with Crippen molar-refractivity contribution in [3.05, 3.63) is 90.0 Å². The summed E-state index contributed by atoms with van der Waals surface area (Å²) in [4.78, 5) is 9.30. The predicted octanol–water partition coefficient (Wildman–Crippen LogP) is 3.83. The second-order valence-electron chi connectivity index (χ2n) is 7.17. The summed E-state index contributed by atoms with van der Waals surface area (Å²) >= 11 is 0. The quantitative estimate of drug-likeness (QED) is 0.432. The van der Waals surface area contributed by atoms with Crippen molar-refractivity contribution < 1.29 is 0 Å². The van der Waals surface area contributed by atoms with Crippen LogP contribution in [0.1, 0.15) is 36.7 Å². The first-order valence-corrected chi connectivity index (χ1v) is 10.4. The molecule has 0 aliphatic rings. The number of imidazole rings is 1. The largest absolute Gasteiger partial charge is 0.357 e. The summed E-state index contributed by atoms with van der Waals surface area (Å²) in [5.41, 5.74) is 2.60. The maximum absolute atomic E-state index is 4.77. The summed E-state index contributed by atoms with van der Waals surface area (Å²) in [7, 11) is 0. The van der Waals surface area contributed by atoms with Gasteiger partial charge in [-0.1, -0.05) is 67.6 Å². The molecule has 1 heterocycles. The van der Waals surface area contributed by atoms with E-state index in [-0.39, 0.29) is 0 Å². The molecule has 2 aromatic carbocycles. The van der Waals surface area contributed by atoms with Gasteiger partial charge in [-0.3, -0.25) is 4.99 Å². The van der Waals surface area contributed by atoms with Crippen molar-refractivity contribution in [2.24, 2.45) is 4.99 Å². The molecule has 152 valence electrons. The average Bonchev–Trinajstić information content (AvgIpc) is 3.20. The third kappa shape index (κ3) is 6.49. The van der Waals surface area contributed by atoms with E-state index in [0.717, 1.165) is 44.4 Å². The van der Waals surface area contributed by atoms with Crippen LogP contribution in [0.2, 0.25) is 0 Å². The minimum atomic E-state index is 0.386. The molecule has 0 aliphatic heterocycles. The highest BCUT2D eigenvalue weighted by Gasteiger charge is 2.07. The molecule has 1 unspecified atom stereocenters. The van der Waals surface area contributed by atoms with Crippen LogP contribution in [0.25, 0.3) is 0 Å². The number of hydrogen-bond acceptors (Lipinski definition) is 2. The lowest BCUT2D eigenvalue weighted by Gasteiger charge is -2.14. The van der Waals surface area contributed by atoms with E-state index in [9.17, 15) is 0 Å². The summed E-state index contributed by atoms with van der Waals surface area (Å²) < 4.78 is 2.21. The number of rotatable bonds is 9. The van der Waals surface area contributed by atoms with Crippen molar-refractivity contribution in [3.8, 4) is 0 Å². The highest BCUT2D eigenvalue weighted by Crippen LogP contribution is 2.14. The van der Waals surface area contributed by atoms with E-state index in [4.69, 9.17) is 4.99 Å². The van der Waals surface area contributed by atoms with Gasteiger partial charge in [0.1, 0.15) is 5.82 Å². The maximum Gasteiger partial charge on any atom is 0.191 e. The molecule has 29 heavy (non-hydrogen) atoms. The monoisotopic (exact) mass is 389 g/mol. The molecular formula is C24H31N5. The van der Waals surface area contributed by atoms with Crippen molar-refractivity contribution in [2.45, 2.75) is 32.7 Å². The first-order valence-electron chi connectivity index (χ1n) is 10.4. The molecule has 0 radical (unpaired) electrons. The molecule has 0 aliphatic carbocycles. The number of guanidine groups is 1. The number of nitrogens with zero attached hydrogens (tertiary/aromatic N) is 3. The van der Waals surface area contributed by atoms with E-state index in [1.807, 2.05) is 24.5 Å². The molecule has 0 spiro atoms. The first kappa shape index (κ1) is 20.6. The second kappa shape index (κ2) is 11.1. The molecule has 1 atom stereocenters. The topological polar surface area (TPSA) is 54.2 Å². The fourth-order valence-corrected chi connectivity index (χ4v) is 3.24. The minimum absolute atomic E-state index is 0.386. The van der Waals surface area contributed by atoms with E-state index in [1.165, 1.54) is 11.1 Å². The van der Waals surface area contributed by atoms with Crippen molar-refractivity contribution in [2.75, 3.05) is 19.6 Å². The Hall–Kier alpha value is -3.08. The molecule has 0 bridgehead atoms. The van der Waals surface area contributed by atoms with Crippen LogP contribution < -0.4 is 10.6 Å². The Labute approximate surface area is 173 Å². The summed E-state index contributed by atoms with van der Waals surface area (Å²) in [6.07, 6.45) is 4.76. The normalized spacial score (nSPS) is 12.6. The zero-order valence-electron chi connectivity index (χ0n) is 17.4. The number of nitrogens with one attached hydrogen (secondary N) is 2. The van der Waals surface area contributed by atoms with Gasteiger partial charge in [0.2, 0.25) is 0 Å². The van der Waals surface area contributed by atoms with Gasteiger partial charge < -0.3 is 15.2 Å². The van der Waals surface area contributed by atoms with Gasteiger partial charge in [0, 0.05) is 50.9 Å². The lowest BCUT2D eigenvalue weighted by atomic mass is 10.0. The number of aromatic nitrogens is 2. The van der Waals surface area contributed by atoms with Gasteiger partial charge in [-0.2, -0.15) is 0 Å². The van der Waals surface area contributed by atoms with E-state index in [2.05, 4.69) is 82.6 Å². The van der Waals surface area contributed by atoms with Gasteiger partial charge in [-0.05, 0) is 18.1 Å². The Morgan fingerprint density at radius 2 is 1.76 bits per heavy atom. The van der Waals surface area contributed by atoms with Crippen LogP contribution in [-0.2, 0) is 13.0 Å². The zero-order chi connectivity index (χ0) is 20.3. The molecule has 2 N–H and O–H groups in total. The van der Waals surface area contributed by atoms with Gasteiger partial charge >= 0.3 is 0 Å². The SMILES string of the molecule is CCNC(=NCC(C)c1ccccc1)NCCc1nccn1Cc1ccccc1. The Balaban J connectivity index is 1.53. The highest BCUT2D eigenvalue weighted by molar-refractivity contribution is 5.79. The molecule has 0 saturated carbocycles. The van der Waals surface area contributed by atoms with Crippen molar-refractivity contribution >= 4 is 5.96 Å². The van der Waals surface area contributed by atoms with Gasteiger partial charge in [-0.15, -0.1) is 0 Å². The Kier molecular flexibility index (Phi) is 7.87. The third-order valence-corrected chi connectivity index (χ3v) is 4.87. The molecule has 5 heteroatoms. The fourth-order valence-electron chi connectivity index (χ4n) is 3.24. The van der Waals surface area contributed by atoms with Crippen molar-refractivity contribution in [3.63, 3.8) is 0 Å². The smallest absolute Gasteiger partial charge is 0.191 e. The van der Waals surface area contributed by atoms with Gasteiger partial charge in [0.15, 0.2) is 5.96 Å². The summed E-state index contributed by atoms with van der Waals surface area (Å²) in [5, 5.41) is 6.78. The number of aliphatic imine (C=N–C) groups is 1. The number of benzene rings is 2. The summed E-state index contributed by atoms with van der Waals surface area (Å²) in [6, 6.07) is 21.0. The van der Waals surface area contributed by atoms with E-state index in [1.54, 1.807) is 0 Å². The fraction of sp³-hybridized carbons (Fsp3) is 0.333. The maximum atomic E-state index is 4.77. The lowest BCUT2D eigenvalue weighted by Crippen LogP contribution is -2.38. The first-order chi connectivity index (χ1) is 14.3. The Morgan fingerprint density at radius 1 is 1.03 bits per heavy atom. The van der Waals surface area contributed by atoms with Crippen molar-refractivity contribution in [1.82, 2.24) is 20.2 Å². The van der Waals surface area contributed by atoms with E-state index < -0.39 is 0 Å². The summed E-state index contributed by atoms with van der Waals surface area (Å²) in [6.45, 7) is 7.53. The Bertz CT molecular complexity index is 871. The van der Waals surface area contributed by atoms with Gasteiger partial charge in [0.05, 0.1) is 0 Å². The zero-order valence-corrected chi connectivity index (χ0v) is 17.4.